The Bertz CT molecular complexity index is 217. The number of hydrogen-bond acceptors (Lipinski definition) is 1. The highest BCUT2D eigenvalue weighted by atomic mass is 14.9. The van der Waals surface area contributed by atoms with Crippen molar-refractivity contribution < 1.29 is 0 Å². The first-order valence-corrected chi connectivity index (χ1v) is 3.52. The van der Waals surface area contributed by atoms with Crippen LogP contribution in [-0.2, 0) is 5.41 Å². The van der Waals surface area contributed by atoms with E-state index in [4.69, 9.17) is 0 Å². The van der Waals surface area contributed by atoms with Gasteiger partial charge in [0, 0.05) is 11.1 Å². The van der Waals surface area contributed by atoms with Gasteiger partial charge in [0.2, 0.25) is 0 Å². The van der Waals surface area contributed by atoms with E-state index in [-0.39, 0.29) is 5.41 Å². The number of nitrogens with zero attached hydrogens (tertiary/aromatic N) is 1. The van der Waals surface area contributed by atoms with Crippen molar-refractivity contribution in [2.24, 2.45) is 0 Å². The third kappa shape index (κ3) is 1.20. The lowest BCUT2D eigenvalue weighted by molar-refractivity contribution is 0.568. The second kappa shape index (κ2) is 2.11. The molecule has 56 valence electrons. The lowest BCUT2D eigenvalue weighted by Crippen LogP contribution is -2.12. The molecule has 1 N–H and O–H groups in total. The van der Waals surface area contributed by atoms with E-state index in [0.717, 1.165) is 5.69 Å². The fourth-order valence-corrected chi connectivity index (χ4v) is 1.11. The van der Waals surface area contributed by atoms with Gasteiger partial charge >= 0.3 is 0 Å². The molecular formula is C8H14N2. The molecule has 10 heavy (non-hydrogen) atoms. The van der Waals surface area contributed by atoms with Crippen LogP contribution in [0.15, 0.2) is 6.33 Å². The van der Waals surface area contributed by atoms with Crippen LogP contribution in [0.4, 0.5) is 0 Å². The summed E-state index contributed by atoms with van der Waals surface area (Å²) in [7, 11) is 0. The van der Waals surface area contributed by atoms with Gasteiger partial charge in [-0.1, -0.05) is 20.8 Å². The Labute approximate surface area is 61.7 Å². The second-order valence-corrected chi connectivity index (χ2v) is 3.63. The molecule has 1 heterocycles. The van der Waals surface area contributed by atoms with Crippen LogP contribution in [0.25, 0.3) is 0 Å². The second-order valence-electron chi connectivity index (χ2n) is 3.63. The van der Waals surface area contributed by atoms with E-state index < -0.39 is 0 Å². The zero-order chi connectivity index (χ0) is 7.78. The van der Waals surface area contributed by atoms with Crippen LogP contribution < -0.4 is 0 Å². The predicted octanol–water partition coefficient (Wildman–Crippen LogP) is 2.02. The van der Waals surface area contributed by atoms with Gasteiger partial charge in [0.05, 0.1) is 12.0 Å². The van der Waals surface area contributed by atoms with E-state index >= 15 is 0 Å². The van der Waals surface area contributed by atoms with E-state index in [0.29, 0.717) is 0 Å². The Kier molecular flexibility index (Phi) is 1.55. The standard InChI is InChI=1S/C8H14N2/c1-6-7(8(2,3)4)10-5-9-6/h5H,1-4H3,(H,9,10). The van der Waals surface area contributed by atoms with E-state index in [9.17, 15) is 0 Å². The summed E-state index contributed by atoms with van der Waals surface area (Å²) in [5.74, 6) is 0. The van der Waals surface area contributed by atoms with Crippen molar-refractivity contribution in [1.29, 1.82) is 0 Å². The van der Waals surface area contributed by atoms with Crippen molar-refractivity contribution in [1.82, 2.24) is 9.97 Å². The summed E-state index contributed by atoms with van der Waals surface area (Å²) < 4.78 is 0. The largest absolute Gasteiger partial charge is 0.348 e. The minimum Gasteiger partial charge on any atom is -0.348 e. The molecule has 0 saturated heterocycles. The zero-order valence-electron chi connectivity index (χ0n) is 7.02. The molecule has 1 aromatic heterocycles. The monoisotopic (exact) mass is 138 g/mol. The quantitative estimate of drug-likeness (QED) is 0.583. The molecule has 2 heteroatoms. The lowest BCUT2D eigenvalue weighted by Gasteiger charge is -2.15. The minimum atomic E-state index is 0.171. The van der Waals surface area contributed by atoms with Gasteiger partial charge in [-0.05, 0) is 6.92 Å². The SMILES string of the molecule is Cc1[nH]cnc1C(C)(C)C. The molecule has 0 atom stereocenters. The van der Waals surface area contributed by atoms with E-state index in [1.54, 1.807) is 6.33 Å². The number of aromatic amines is 1. The average Bonchev–Trinajstić information content (AvgIpc) is 2.11. The smallest absolute Gasteiger partial charge is 0.0925 e. The van der Waals surface area contributed by atoms with Crippen LogP contribution in [0.2, 0.25) is 0 Å². The van der Waals surface area contributed by atoms with Crippen LogP contribution >= 0.6 is 0 Å². The fraction of sp³-hybridized carbons (Fsp3) is 0.625. The highest BCUT2D eigenvalue weighted by Gasteiger charge is 2.17. The minimum absolute atomic E-state index is 0.171. The molecule has 0 saturated carbocycles. The molecule has 1 rings (SSSR count). The Morgan fingerprint density at radius 3 is 2.20 bits per heavy atom. The molecule has 0 radical (unpaired) electrons. The van der Waals surface area contributed by atoms with Crippen molar-refractivity contribution in [3.63, 3.8) is 0 Å². The number of aryl methyl sites for hydroxylation is 1. The summed E-state index contributed by atoms with van der Waals surface area (Å²) in [6, 6.07) is 0. The Hall–Kier alpha value is -0.790. The number of imidazole rings is 1. The summed E-state index contributed by atoms with van der Waals surface area (Å²) in [5.41, 5.74) is 2.50. The van der Waals surface area contributed by atoms with Crippen molar-refractivity contribution in [2.45, 2.75) is 33.1 Å². The molecule has 0 amide bonds. The first-order chi connectivity index (χ1) is 4.52. The Balaban J connectivity index is 3.05. The maximum absolute atomic E-state index is 4.23. The van der Waals surface area contributed by atoms with Gasteiger partial charge in [-0.25, -0.2) is 4.98 Å². The Morgan fingerprint density at radius 2 is 2.00 bits per heavy atom. The van der Waals surface area contributed by atoms with Crippen LogP contribution in [-0.4, -0.2) is 9.97 Å². The molecule has 0 bridgehead atoms. The van der Waals surface area contributed by atoms with E-state index in [2.05, 4.69) is 30.7 Å². The molecule has 0 aliphatic rings. The molecule has 0 aliphatic carbocycles. The summed E-state index contributed by atoms with van der Waals surface area (Å²) in [4.78, 5) is 7.30. The fourth-order valence-electron chi connectivity index (χ4n) is 1.11. The number of rotatable bonds is 0. The normalized spacial score (nSPS) is 12.0. The van der Waals surface area contributed by atoms with Gasteiger partial charge in [0.15, 0.2) is 0 Å². The van der Waals surface area contributed by atoms with Crippen molar-refractivity contribution >= 4 is 0 Å². The van der Waals surface area contributed by atoms with Crippen molar-refractivity contribution in [2.75, 3.05) is 0 Å². The lowest BCUT2D eigenvalue weighted by atomic mass is 9.91. The van der Waals surface area contributed by atoms with Gasteiger partial charge in [-0.15, -0.1) is 0 Å². The summed E-state index contributed by atoms with van der Waals surface area (Å²) in [6.07, 6.45) is 1.75. The highest BCUT2D eigenvalue weighted by molar-refractivity contribution is 5.17. The van der Waals surface area contributed by atoms with Crippen LogP contribution in [0.3, 0.4) is 0 Å². The van der Waals surface area contributed by atoms with E-state index in [1.165, 1.54) is 5.69 Å². The van der Waals surface area contributed by atoms with Gasteiger partial charge in [-0.3, -0.25) is 0 Å². The number of hydrogen-bond donors (Lipinski definition) is 1. The molecule has 1 aromatic rings. The van der Waals surface area contributed by atoms with Gasteiger partial charge < -0.3 is 4.98 Å². The van der Waals surface area contributed by atoms with Crippen molar-refractivity contribution in [3.8, 4) is 0 Å². The molecule has 0 spiro atoms. The molecule has 2 nitrogen and oxygen atoms in total. The average molecular weight is 138 g/mol. The molecule has 0 unspecified atom stereocenters. The summed E-state index contributed by atoms with van der Waals surface area (Å²) >= 11 is 0. The summed E-state index contributed by atoms with van der Waals surface area (Å²) in [5, 5.41) is 0. The Morgan fingerprint density at radius 1 is 1.40 bits per heavy atom. The third-order valence-corrected chi connectivity index (χ3v) is 1.54. The maximum atomic E-state index is 4.23. The zero-order valence-corrected chi connectivity index (χ0v) is 7.02. The number of aromatic nitrogens is 2. The molecular weight excluding hydrogens is 124 g/mol. The first-order valence-electron chi connectivity index (χ1n) is 3.52. The maximum Gasteiger partial charge on any atom is 0.0925 e. The number of nitrogens with one attached hydrogen (secondary N) is 1. The summed E-state index contributed by atoms with van der Waals surface area (Å²) in [6.45, 7) is 8.54. The van der Waals surface area contributed by atoms with Crippen LogP contribution in [0.1, 0.15) is 32.2 Å². The molecule has 0 aromatic carbocycles. The van der Waals surface area contributed by atoms with Crippen molar-refractivity contribution in [3.05, 3.63) is 17.7 Å². The third-order valence-electron chi connectivity index (χ3n) is 1.54. The molecule has 0 fully saturated rings. The molecule has 0 aliphatic heterocycles. The highest BCUT2D eigenvalue weighted by Crippen LogP contribution is 2.21. The van der Waals surface area contributed by atoms with Crippen LogP contribution in [0, 0.1) is 6.92 Å². The predicted molar refractivity (Wildman–Crippen MR) is 42.0 cm³/mol. The van der Waals surface area contributed by atoms with Crippen LogP contribution in [0.5, 0.6) is 0 Å². The van der Waals surface area contributed by atoms with Gasteiger partial charge in [-0.2, -0.15) is 0 Å². The number of H-pyrrole nitrogens is 1. The van der Waals surface area contributed by atoms with E-state index in [1.807, 2.05) is 6.92 Å². The van der Waals surface area contributed by atoms with Gasteiger partial charge in [0.1, 0.15) is 0 Å². The first kappa shape index (κ1) is 7.32. The topological polar surface area (TPSA) is 28.7 Å². The van der Waals surface area contributed by atoms with Gasteiger partial charge in [0.25, 0.3) is 0 Å².